The van der Waals surface area contributed by atoms with Gasteiger partial charge in [0.1, 0.15) is 5.75 Å². The number of hydrogen-bond donors (Lipinski definition) is 1. The molecule has 1 N–H and O–H groups in total. The Bertz CT molecular complexity index is 800. The third-order valence-corrected chi connectivity index (χ3v) is 6.93. The zero-order chi connectivity index (χ0) is 17.4. The fraction of sp³-hybridized carbons (Fsp3) is 0.333. The van der Waals surface area contributed by atoms with Crippen LogP contribution in [-0.2, 0) is 15.7 Å². The van der Waals surface area contributed by atoms with Crippen molar-refractivity contribution in [1.82, 2.24) is 9.34 Å². The summed E-state index contributed by atoms with van der Waals surface area (Å²) in [6.07, 6.45) is 0. The Morgan fingerprint density at radius 2 is 1.68 bits per heavy atom. The second-order valence-electron chi connectivity index (χ2n) is 6.39. The van der Waals surface area contributed by atoms with Crippen molar-refractivity contribution in [1.29, 1.82) is 0 Å². The van der Waals surface area contributed by atoms with Crippen LogP contribution in [0.1, 0.15) is 11.1 Å². The molecule has 0 amide bonds. The fourth-order valence-corrected chi connectivity index (χ4v) is 4.75. The summed E-state index contributed by atoms with van der Waals surface area (Å²) in [5.41, 5.74) is 1.95. The van der Waals surface area contributed by atoms with Crippen molar-refractivity contribution in [3.8, 4) is 17.2 Å². The predicted octanol–water partition coefficient (Wildman–Crippen LogP) is 3.75. The van der Waals surface area contributed by atoms with Crippen LogP contribution in [0.5, 0.6) is 17.2 Å². The molecule has 2 aromatic carbocycles. The van der Waals surface area contributed by atoms with Gasteiger partial charge in [-0.05, 0) is 36.8 Å². The van der Waals surface area contributed by atoms with Gasteiger partial charge in [0.2, 0.25) is 0 Å². The van der Waals surface area contributed by atoms with Crippen LogP contribution in [0, 0.1) is 6.92 Å². The first-order chi connectivity index (χ1) is 12.0. The van der Waals surface area contributed by atoms with Crippen LogP contribution in [0.4, 0.5) is 0 Å². The molecule has 0 radical (unpaired) electrons. The topological polar surface area (TPSA) is 61.8 Å². The van der Waals surface area contributed by atoms with Crippen LogP contribution >= 0.6 is 7.67 Å². The molecule has 7 heteroatoms. The minimum atomic E-state index is -2.84. The molecule has 6 nitrogen and oxygen atoms in total. The molecule has 4 rings (SSSR count). The van der Waals surface area contributed by atoms with Gasteiger partial charge in [-0.3, -0.25) is 4.57 Å². The molecule has 2 fully saturated rings. The number of phenols is 1. The fourth-order valence-electron chi connectivity index (χ4n) is 2.56. The predicted molar refractivity (Wildman–Crippen MR) is 94.9 cm³/mol. The van der Waals surface area contributed by atoms with E-state index in [9.17, 15) is 9.67 Å². The van der Waals surface area contributed by atoms with E-state index in [-0.39, 0.29) is 12.4 Å². The average Bonchev–Trinajstić information content (AvgIpc) is 3.49. The van der Waals surface area contributed by atoms with E-state index < -0.39 is 7.67 Å². The Kier molecular flexibility index (Phi) is 4.29. The standard InChI is InChI=1S/C18H21N2O4P/c1-14-2-5-16(6-3-14)24-18-12-15(4-7-17(18)21)13-23-25(22,19-8-9-19)20-10-11-20/h2-7,12,21H,8-11,13H2,1H3. The molecule has 25 heavy (non-hydrogen) atoms. The van der Waals surface area contributed by atoms with Gasteiger partial charge in [0.05, 0.1) is 6.61 Å². The maximum Gasteiger partial charge on any atom is 0.346 e. The van der Waals surface area contributed by atoms with Gasteiger partial charge in [0, 0.05) is 26.2 Å². The summed E-state index contributed by atoms with van der Waals surface area (Å²) in [5, 5.41) is 10.0. The Morgan fingerprint density at radius 3 is 2.28 bits per heavy atom. The maximum absolute atomic E-state index is 12.9. The summed E-state index contributed by atoms with van der Waals surface area (Å²) in [5.74, 6) is 1.07. The zero-order valence-electron chi connectivity index (χ0n) is 14.1. The highest BCUT2D eigenvalue weighted by Crippen LogP contribution is 2.61. The number of benzene rings is 2. The van der Waals surface area contributed by atoms with Gasteiger partial charge in [0.25, 0.3) is 0 Å². The molecule has 2 aliphatic heterocycles. The van der Waals surface area contributed by atoms with Crippen molar-refractivity contribution in [3.05, 3.63) is 53.6 Å². The third kappa shape index (κ3) is 3.72. The molecule has 2 aromatic rings. The molecular weight excluding hydrogens is 339 g/mol. The van der Waals surface area contributed by atoms with Gasteiger partial charge in [-0.2, -0.15) is 0 Å². The highest BCUT2D eigenvalue weighted by Gasteiger charge is 2.49. The van der Waals surface area contributed by atoms with Crippen molar-refractivity contribution in [3.63, 3.8) is 0 Å². The molecule has 2 saturated heterocycles. The van der Waals surface area contributed by atoms with Crippen molar-refractivity contribution in [2.75, 3.05) is 26.2 Å². The number of aryl methyl sites for hydroxylation is 1. The molecule has 0 atom stereocenters. The molecule has 2 heterocycles. The number of hydrogen-bond acceptors (Lipinski definition) is 4. The lowest BCUT2D eigenvalue weighted by Crippen LogP contribution is -2.07. The number of nitrogens with zero attached hydrogens (tertiary/aromatic N) is 2. The van der Waals surface area contributed by atoms with Gasteiger partial charge in [-0.1, -0.05) is 23.8 Å². The zero-order valence-corrected chi connectivity index (χ0v) is 15.0. The van der Waals surface area contributed by atoms with E-state index in [0.29, 0.717) is 11.5 Å². The van der Waals surface area contributed by atoms with E-state index in [4.69, 9.17) is 9.26 Å². The van der Waals surface area contributed by atoms with Crippen molar-refractivity contribution >= 4 is 7.67 Å². The van der Waals surface area contributed by atoms with Gasteiger partial charge in [-0.15, -0.1) is 0 Å². The lowest BCUT2D eigenvalue weighted by Gasteiger charge is -2.20. The molecule has 0 bridgehead atoms. The van der Waals surface area contributed by atoms with Crippen LogP contribution in [-0.4, -0.2) is 40.6 Å². The quantitative estimate of drug-likeness (QED) is 0.599. The summed E-state index contributed by atoms with van der Waals surface area (Å²) in [6, 6.07) is 12.7. The first-order valence-corrected chi connectivity index (χ1v) is 9.89. The Labute approximate surface area is 147 Å². The van der Waals surface area contributed by atoms with E-state index in [1.54, 1.807) is 18.2 Å². The van der Waals surface area contributed by atoms with Crippen molar-refractivity contribution < 1.29 is 18.9 Å². The number of aromatic hydroxyl groups is 1. The van der Waals surface area contributed by atoms with E-state index in [0.717, 1.165) is 37.3 Å². The molecule has 0 spiro atoms. The van der Waals surface area contributed by atoms with Crippen molar-refractivity contribution in [2.24, 2.45) is 0 Å². The monoisotopic (exact) mass is 360 g/mol. The lowest BCUT2D eigenvalue weighted by atomic mass is 10.2. The number of phenolic OH excluding ortho intramolecular Hbond substituents is 1. The molecule has 0 aliphatic carbocycles. The molecule has 0 unspecified atom stereocenters. The van der Waals surface area contributed by atoms with Crippen LogP contribution in [0.2, 0.25) is 0 Å². The second-order valence-corrected chi connectivity index (χ2v) is 8.76. The van der Waals surface area contributed by atoms with Gasteiger partial charge in [0.15, 0.2) is 11.5 Å². The van der Waals surface area contributed by atoms with Crippen LogP contribution in [0.25, 0.3) is 0 Å². The molecular formula is C18H21N2O4P. The summed E-state index contributed by atoms with van der Waals surface area (Å²) in [6.45, 7) is 5.52. The average molecular weight is 360 g/mol. The first-order valence-electron chi connectivity index (χ1n) is 8.36. The number of ether oxygens (including phenoxy) is 1. The summed E-state index contributed by atoms with van der Waals surface area (Å²) in [7, 11) is -2.84. The Morgan fingerprint density at radius 1 is 1.04 bits per heavy atom. The van der Waals surface area contributed by atoms with E-state index in [1.165, 1.54) is 0 Å². The Balaban J connectivity index is 1.47. The summed E-state index contributed by atoms with van der Waals surface area (Å²) >= 11 is 0. The van der Waals surface area contributed by atoms with Crippen LogP contribution in [0.15, 0.2) is 42.5 Å². The second kappa shape index (κ2) is 6.46. The molecule has 132 valence electrons. The van der Waals surface area contributed by atoms with Gasteiger partial charge in [-0.25, -0.2) is 9.34 Å². The van der Waals surface area contributed by atoms with E-state index >= 15 is 0 Å². The number of rotatable bonds is 7. The normalized spacial score (nSPS) is 17.5. The smallest absolute Gasteiger partial charge is 0.346 e. The molecule has 0 saturated carbocycles. The maximum atomic E-state index is 12.9. The first kappa shape index (κ1) is 16.6. The summed E-state index contributed by atoms with van der Waals surface area (Å²) in [4.78, 5) is 0. The summed E-state index contributed by atoms with van der Waals surface area (Å²) < 4.78 is 28.2. The SMILES string of the molecule is Cc1ccc(Oc2cc(COP(=O)(N3CC3)N3CC3)ccc2O)cc1. The minimum absolute atomic E-state index is 0.0596. The largest absolute Gasteiger partial charge is 0.504 e. The van der Waals surface area contributed by atoms with Gasteiger partial charge < -0.3 is 14.4 Å². The highest BCUT2D eigenvalue weighted by molar-refractivity contribution is 7.54. The molecule has 2 aliphatic rings. The van der Waals surface area contributed by atoms with E-state index in [2.05, 4.69) is 0 Å². The molecule has 0 aromatic heterocycles. The highest BCUT2D eigenvalue weighted by atomic mass is 31.2. The Hall–Kier alpha value is -1.85. The third-order valence-electron chi connectivity index (χ3n) is 4.23. The van der Waals surface area contributed by atoms with Gasteiger partial charge >= 0.3 is 7.67 Å². The lowest BCUT2D eigenvalue weighted by molar-refractivity contribution is 0.263. The minimum Gasteiger partial charge on any atom is -0.504 e. The van der Waals surface area contributed by atoms with Crippen LogP contribution < -0.4 is 4.74 Å². The van der Waals surface area contributed by atoms with Crippen molar-refractivity contribution in [2.45, 2.75) is 13.5 Å². The van der Waals surface area contributed by atoms with Crippen LogP contribution in [0.3, 0.4) is 0 Å². The van der Waals surface area contributed by atoms with E-state index in [1.807, 2.05) is 40.5 Å².